The molecule has 0 bridgehead atoms. The Morgan fingerprint density at radius 1 is 1.62 bits per heavy atom. The molecule has 1 saturated heterocycles. The summed E-state index contributed by atoms with van der Waals surface area (Å²) in [6, 6.07) is 3.48. The Hall–Kier alpha value is -1.42. The van der Waals surface area contributed by atoms with Crippen LogP contribution in [0.4, 0.5) is 0 Å². The van der Waals surface area contributed by atoms with Crippen LogP contribution in [-0.2, 0) is 0 Å². The van der Waals surface area contributed by atoms with E-state index in [1.165, 1.54) is 0 Å². The lowest BCUT2D eigenvalue weighted by molar-refractivity contribution is 0.0572. The van der Waals surface area contributed by atoms with Gasteiger partial charge in [-0.25, -0.2) is 0 Å². The highest BCUT2D eigenvalue weighted by atomic mass is 16.3. The van der Waals surface area contributed by atoms with E-state index in [1.54, 1.807) is 30.2 Å². The van der Waals surface area contributed by atoms with Crippen LogP contribution >= 0.6 is 0 Å². The van der Waals surface area contributed by atoms with Crippen molar-refractivity contribution < 1.29 is 9.90 Å². The predicted molar refractivity (Wildman–Crippen MR) is 60.1 cm³/mol. The molecule has 0 radical (unpaired) electrons. The lowest BCUT2D eigenvalue weighted by Crippen LogP contribution is -2.33. The summed E-state index contributed by atoms with van der Waals surface area (Å²) in [6.45, 7) is 4.65. The summed E-state index contributed by atoms with van der Waals surface area (Å²) in [4.78, 5) is 17.8. The maximum atomic E-state index is 12.1. The number of carbonyl (C=O) groups excluding carboxylic acids is 1. The van der Waals surface area contributed by atoms with E-state index in [0.29, 0.717) is 25.1 Å². The van der Waals surface area contributed by atoms with E-state index in [1.807, 2.05) is 6.92 Å². The number of aryl methyl sites for hydroxylation is 1. The van der Waals surface area contributed by atoms with E-state index in [4.69, 9.17) is 0 Å². The van der Waals surface area contributed by atoms with Crippen molar-refractivity contribution >= 4 is 5.91 Å². The molecule has 1 aromatic rings. The third-order valence-corrected chi connectivity index (χ3v) is 2.88. The van der Waals surface area contributed by atoms with E-state index in [9.17, 15) is 9.90 Å². The summed E-state index contributed by atoms with van der Waals surface area (Å²) in [7, 11) is 0. The smallest absolute Gasteiger partial charge is 0.254 e. The molecule has 4 nitrogen and oxygen atoms in total. The van der Waals surface area contributed by atoms with Gasteiger partial charge in [-0.2, -0.15) is 0 Å². The third kappa shape index (κ3) is 2.22. The van der Waals surface area contributed by atoms with Crippen LogP contribution in [0.2, 0.25) is 0 Å². The number of amides is 1. The first-order valence-corrected chi connectivity index (χ1v) is 5.42. The topological polar surface area (TPSA) is 53.4 Å². The zero-order chi connectivity index (χ0) is 11.8. The SMILES string of the molecule is Cc1cc(C(=O)N2CCC(C)(O)C2)ccn1. The quantitative estimate of drug-likeness (QED) is 0.767. The Kier molecular flexibility index (Phi) is 2.68. The monoisotopic (exact) mass is 220 g/mol. The number of carbonyl (C=O) groups is 1. The molecule has 1 aromatic heterocycles. The minimum absolute atomic E-state index is 0.0247. The Labute approximate surface area is 94.9 Å². The molecule has 1 amide bonds. The molecule has 0 aliphatic carbocycles. The summed E-state index contributed by atoms with van der Waals surface area (Å²) in [6.07, 6.45) is 2.28. The Bertz CT molecular complexity index is 415. The Balaban J connectivity index is 2.15. The largest absolute Gasteiger partial charge is 0.388 e. The molecule has 4 heteroatoms. The number of nitrogens with zero attached hydrogens (tertiary/aromatic N) is 2. The van der Waals surface area contributed by atoms with E-state index in [0.717, 1.165) is 5.69 Å². The fourth-order valence-corrected chi connectivity index (χ4v) is 1.98. The second kappa shape index (κ2) is 3.87. The molecular formula is C12H16N2O2. The maximum Gasteiger partial charge on any atom is 0.254 e. The van der Waals surface area contributed by atoms with Gasteiger partial charge in [-0.05, 0) is 32.4 Å². The van der Waals surface area contributed by atoms with E-state index in [2.05, 4.69) is 4.98 Å². The number of pyridine rings is 1. The van der Waals surface area contributed by atoms with Crippen LogP contribution in [0.15, 0.2) is 18.3 Å². The van der Waals surface area contributed by atoms with Crippen molar-refractivity contribution in [2.75, 3.05) is 13.1 Å². The van der Waals surface area contributed by atoms with Crippen LogP contribution in [-0.4, -0.2) is 39.6 Å². The fraction of sp³-hybridized carbons (Fsp3) is 0.500. The molecule has 86 valence electrons. The molecule has 1 atom stereocenters. The van der Waals surface area contributed by atoms with Crippen LogP contribution in [0.25, 0.3) is 0 Å². The first-order chi connectivity index (χ1) is 7.48. The second-order valence-electron chi connectivity index (χ2n) is 4.66. The highest BCUT2D eigenvalue weighted by molar-refractivity contribution is 5.94. The van der Waals surface area contributed by atoms with Gasteiger partial charge in [0.05, 0.1) is 5.60 Å². The van der Waals surface area contributed by atoms with Gasteiger partial charge in [0.2, 0.25) is 0 Å². The van der Waals surface area contributed by atoms with E-state index in [-0.39, 0.29) is 5.91 Å². The lowest BCUT2D eigenvalue weighted by Gasteiger charge is -2.19. The summed E-state index contributed by atoms with van der Waals surface area (Å²) >= 11 is 0. The molecule has 1 N–H and O–H groups in total. The molecule has 1 aliphatic rings. The molecule has 0 spiro atoms. The summed E-state index contributed by atoms with van der Waals surface area (Å²) < 4.78 is 0. The lowest BCUT2D eigenvalue weighted by atomic mass is 10.1. The maximum absolute atomic E-state index is 12.1. The molecule has 0 saturated carbocycles. The van der Waals surface area contributed by atoms with Crippen LogP contribution in [0, 0.1) is 6.92 Å². The zero-order valence-electron chi connectivity index (χ0n) is 9.60. The van der Waals surface area contributed by atoms with Gasteiger partial charge in [-0.1, -0.05) is 0 Å². The number of hydrogen-bond donors (Lipinski definition) is 1. The number of likely N-dealkylation sites (tertiary alicyclic amines) is 1. The number of hydrogen-bond acceptors (Lipinski definition) is 3. The predicted octanol–water partition coefficient (Wildman–Crippen LogP) is 0.987. The Morgan fingerprint density at radius 3 is 2.94 bits per heavy atom. The van der Waals surface area contributed by atoms with Crippen molar-refractivity contribution in [1.29, 1.82) is 0 Å². The minimum atomic E-state index is -0.738. The summed E-state index contributed by atoms with van der Waals surface area (Å²) in [5, 5.41) is 9.81. The molecule has 1 unspecified atom stereocenters. The number of aliphatic hydroxyl groups is 1. The average Bonchev–Trinajstić information content (AvgIpc) is 2.58. The van der Waals surface area contributed by atoms with Gasteiger partial charge in [-0.3, -0.25) is 9.78 Å². The van der Waals surface area contributed by atoms with Gasteiger partial charge in [0, 0.05) is 30.5 Å². The van der Waals surface area contributed by atoms with E-state index >= 15 is 0 Å². The van der Waals surface area contributed by atoms with Crippen LogP contribution in [0.1, 0.15) is 29.4 Å². The molecule has 16 heavy (non-hydrogen) atoms. The van der Waals surface area contributed by atoms with Crippen molar-refractivity contribution in [3.8, 4) is 0 Å². The fourth-order valence-electron chi connectivity index (χ4n) is 1.98. The first-order valence-electron chi connectivity index (χ1n) is 5.42. The van der Waals surface area contributed by atoms with Gasteiger partial charge in [-0.15, -0.1) is 0 Å². The van der Waals surface area contributed by atoms with Gasteiger partial charge in [0.15, 0.2) is 0 Å². The zero-order valence-corrected chi connectivity index (χ0v) is 9.60. The highest BCUT2D eigenvalue weighted by Crippen LogP contribution is 2.21. The van der Waals surface area contributed by atoms with Crippen LogP contribution in [0.3, 0.4) is 0 Å². The van der Waals surface area contributed by atoms with Crippen molar-refractivity contribution in [3.63, 3.8) is 0 Å². The molecular weight excluding hydrogens is 204 g/mol. The number of β-amino-alcohol motifs (C(OH)–C–C–N with tert-alkyl or cyclic N) is 1. The van der Waals surface area contributed by atoms with Crippen LogP contribution < -0.4 is 0 Å². The average molecular weight is 220 g/mol. The molecule has 2 heterocycles. The van der Waals surface area contributed by atoms with Crippen LogP contribution in [0.5, 0.6) is 0 Å². The number of aromatic nitrogens is 1. The number of rotatable bonds is 1. The molecule has 1 fully saturated rings. The van der Waals surface area contributed by atoms with Crippen molar-refractivity contribution in [3.05, 3.63) is 29.6 Å². The van der Waals surface area contributed by atoms with Crippen molar-refractivity contribution in [2.45, 2.75) is 25.9 Å². The van der Waals surface area contributed by atoms with Crippen molar-refractivity contribution in [2.24, 2.45) is 0 Å². The standard InChI is InChI=1S/C12H16N2O2/c1-9-7-10(3-5-13-9)11(15)14-6-4-12(2,16)8-14/h3,5,7,16H,4,6,8H2,1-2H3. The first kappa shape index (κ1) is 11.1. The van der Waals surface area contributed by atoms with Gasteiger partial charge in [0.25, 0.3) is 5.91 Å². The van der Waals surface area contributed by atoms with E-state index < -0.39 is 5.60 Å². The van der Waals surface area contributed by atoms with Crippen molar-refractivity contribution in [1.82, 2.24) is 9.88 Å². The molecule has 1 aliphatic heterocycles. The molecule has 0 aromatic carbocycles. The molecule has 2 rings (SSSR count). The summed E-state index contributed by atoms with van der Waals surface area (Å²) in [5.41, 5.74) is 0.736. The highest BCUT2D eigenvalue weighted by Gasteiger charge is 2.34. The second-order valence-corrected chi connectivity index (χ2v) is 4.66. The third-order valence-electron chi connectivity index (χ3n) is 2.88. The summed E-state index contributed by atoms with van der Waals surface area (Å²) in [5.74, 6) is -0.0247. The van der Waals surface area contributed by atoms with Gasteiger partial charge in [0.1, 0.15) is 0 Å². The minimum Gasteiger partial charge on any atom is -0.388 e. The van der Waals surface area contributed by atoms with Gasteiger partial charge >= 0.3 is 0 Å². The van der Waals surface area contributed by atoms with Gasteiger partial charge < -0.3 is 10.0 Å². The normalized spacial score (nSPS) is 24.8. The Morgan fingerprint density at radius 2 is 2.38 bits per heavy atom.